The van der Waals surface area contributed by atoms with Gasteiger partial charge in [0.1, 0.15) is 11.6 Å². The Morgan fingerprint density at radius 3 is 2.36 bits per heavy atom. The van der Waals surface area contributed by atoms with Gasteiger partial charge in [-0.3, -0.25) is 4.79 Å². The Morgan fingerprint density at radius 1 is 1.11 bits per heavy atom. The van der Waals surface area contributed by atoms with Crippen molar-refractivity contribution < 1.29 is 13.9 Å². The molecule has 0 radical (unpaired) electrons. The number of hydrogen-bond donors (Lipinski definition) is 1. The molecule has 1 unspecified atom stereocenters. The third-order valence-electron chi connectivity index (χ3n) is 5.19. The minimum absolute atomic E-state index is 0. The molecule has 1 aliphatic heterocycles. The first-order valence-corrected chi connectivity index (χ1v) is 9.19. The van der Waals surface area contributed by atoms with Gasteiger partial charge in [-0.25, -0.2) is 4.39 Å². The highest BCUT2D eigenvalue weighted by atomic mass is 35.5. The quantitative estimate of drug-likeness (QED) is 0.826. The van der Waals surface area contributed by atoms with Gasteiger partial charge in [-0.1, -0.05) is 37.3 Å². The van der Waals surface area contributed by atoms with Gasteiger partial charge < -0.3 is 20.3 Å². The number of rotatable bonds is 5. The highest BCUT2D eigenvalue weighted by molar-refractivity contribution is 5.85. The SMILES string of the molecule is COc1ccc(F)cc1N1CCN(C(=O)[C@H](C)C(N)c2ccccc2)CC1.Cl. The van der Waals surface area contributed by atoms with E-state index in [1.54, 1.807) is 13.2 Å². The number of amides is 1. The lowest BCUT2D eigenvalue weighted by atomic mass is 9.94. The third-order valence-corrected chi connectivity index (χ3v) is 5.19. The maximum absolute atomic E-state index is 13.6. The number of nitrogens with zero attached hydrogens (tertiary/aromatic N) is 2. The van der Waals surface area contributed by atoms with E-state index in [9.17, 15) is 9.18 Å². The largest absolute Gasteiger partial charge is 0.495 e. The Balaban J connectivity index is 0.00000280. The Morgan fingerprint density at radius 2 is 1.75 bits per heavy atom. The van der Waals surface area contributed by atoms with Crippen molar-refractivity contribution >= 4 is 24.0 Å². The maximum Gasteiger partial charge on any atom is 0.227 e. The molecule has 3 rings (SSSR count). The molecule has 152 valence electrons. The number of carbonyl (C=O) groups is 1. The van der Waals surface area contributed by atoms with E-state index in [0.29, 0.717) is 31.9 Å². The number of methoxy groups -OCH3 is 1. The van der Waals surface area contributed by atoms with E-state index in [0.717, 1.165) is 11.3 Å². The summed E-state index contributed by atoms with van der Waals surface area (Å²) in [5.41, 5.74) is 7.98. The number of benzene rings is 2. The number of carbonyl (C=O) groups excluding carboxylic acids is 1. The standard InChI is InChI=1S/C21H26FN3O2.ClH/c1-15(20(23)16-6-4-3-5-7-16)21(26)25-12-10-24(11-13-25)18-14-17(22)8-9-19(18)27-2;/h3-9,14-15,20H,10-13,23H2,1-2H3;1H/t15-,20?;/m1./s1. The molecule has 7 heteroatoms. The Kier molecular flexibility index (Phi) is 7.66. The van der Waals surface area contributed by atoms with Crippen molar-refractivity contribution in [3.8, 4) is 5.75 Å². The molecule has 2 aromatic rings. The van der Waals surface area contributed by atoms with Crippen LogP contribution in [0.2, 0.25) is 0 Å². The molecular formula is C21H27ClFN3O2. The Bertz CT molecular complexity index is 782. The molecule has 1 aliphatic rings. The van der Waals surface area contributed by atoms with Crippen LogP contribution in [0.15, 0.2) is 48.5 Å². The van der Waals surface area contributed by atoms with Crippen LogP contribution in [0.3, 0.4) is 0 Å². The summed E-state index contributed by atoms with van der Waals surface area (Å²) in [6.07, 6.45) is 0. The lowest BCUT2D eigenvalue weighted by Gasteiger charge is -2.38. The van der Waals surface area contributed by atoms with E-state index in [1.165, 1.54) is 12.1 Å². The molecule has 5 nitrogen and oxygen atoms in total. The van der Waals surface area contributed by atoms with Crippen LogP contribution in [-0.2, 0) is 4.79 Å². The third kappa shape index (κ3) is 4.75. The van der Waals surface area contributed by atoms with Crippen molar-refractivity contribution in [1.82, 2.24) is 4.90 Å². The van der Waals surface area contributed by atoms with E-state index in [4.69, 9.17) is 10.5 Å². The molecule has 0 saturated carbocycles. The summed E-state index contributed by atoms with van der Waals surface area (Å²) in [4.78, 5) is 16.8. The average molecular weight is 408 g/mol. The molecule has 0 aliphatic carbocycles. The molecule has 1 fully saturated rings. The fourth-order valence-electron chi connectivity index (χ4n) is 3.48. The number of hydrogen-bond acceptors (Lipinski definition) is 4. The van der Waals surface area contributed by atoms with E-state index in [-0.39, 0.29) is 36.1 Å². The smallest absolute Gasteiger partial charge is 0.227 e. The van der Waals surface area contributed by atoms with E-state index in [1.807, 2.05) is 47.1 Å². The molecular weight excluding hydrogens is 381 g/mol. The molecule has 1 saturated heterocycles. The predicted octanol–water partition coefficient (Wildman–Crippen LogP) is 3.24. The zero-order valence-electron chi connectivity index (χ0n) is 16.2. The van der Waals surface area contributed by atoms with Gasteiger partial charge in [0.2, 0.25) is 5.91 Å². The monoisotopic (exact) mass is 407 g/mol. The second-order valence-corrected chi connectivity index (χ2v) is 6.85. The summed E-state index contributed by atoms with van der Waals surface area (Å²) in [6, 6.07) is 13.8. The second-order valence-electron chi connectivity index (χ2n) is 6.85. The molecule has 1 heterocycles. The van der Waals surface area contributed by atoms with E-state index in [2.05, 4.69) is 0 Å². The first-order chi connectivity index (χ1) is 13.0. The van der Waals surface area contributed by atoms with Crippen LogP contribution in [0.5, 0.6) is 5.75 Å². The minimum atomic E-state index is -0.333. The second kappa shape index (κ2) is 9.75. The van der Waals surface area contributed by atoms with Crippen molar-refractivity contribution in [1.29, 1.82) is 0 Å². The summed E-state index contributed by atoms with van der Waals surface area (Å²) in [5.74, 6) is 0.0854. The van der Waals surface area contributed by atoms with Crippen LogP contribution >= 0.6 is 12.4 Å². The van der Waals surface area contributed by atoms with Crippen molar-refractivity contribution in [2.24, 2.45) is 11.7 Å². The fourth-order valence-corrected chi connectivity index (χ4v) is 3.48. The predicted molar refractivity (Wildman–Crippen MR) is 112 cm³/mol. The summed E-state index contributed by atoms with van der Waals surface area (Å²) in [5, 5.41) is 0. The zero-order valence-corrected chi connectivity index (χ0v) is 17.0. The van der Waals surface area contributed by atoms with Crippen LogP contribution < -0.4 is 15.4 Å². The van der Waals surface area contributed by atoms with Crippen LogP contribution in [0.25, 0.3) is 0 Å². The maximum atomic E-state index is 13.6. The van der Waals surface area contributed by atoms with Crippen molar-refractivity contribution in [3.63, 3.8) is 0 Å². The zero-order chi connectivity index (χ0) is 19.4. The molecule has 0 aromatic heterocycles. The van der Waals surface area contributed by atoms with Gasteiger partial charge in [0.25, 0.3) is 0 Å². The Labute approximate surface area is 171 Å². The van der Waals surface area contributed by atoms with E-state index >= 15 is 0 Å². The summed E-state index contributed by atoms with van der Waals surface area (Å²) in [6.45, 7) is 4.27. The molecule has 2 N–H and O–H groups in total. The first-order valence-electron chi connectivity index (χ1n) is 9.19. The van der Waals surface area contributed by atoms with Gasteiger partial charge in [0.15, 0.2) is 0 Å². The summed E-state index contributed by atoms with van der Waals surface area (Å²) in [7, 11) is 1.57. The van der Waals surface area contributed by atoms with Gasteiger partial charge in [-0.05, 0) is 17.7 Å². The van der Waals surface area contributed by atoms with Crippen molar-refractivity contribution in [3.05, 3.63) is 59.9 Å². The lowest BCUT2D eigenvalue weighted by Crippen LogP contribution is -2.51. The molecule has 2 atom stereocenters. The van der Waals surface area contributed by atoms with Crippen molar-refractivity contribution in [2.75, 3.05) is 38.2 Å². The highest BCUT2D eigenvalue weighted by Gasteiger charge is 2.29. The number of ether oxygens (including phenoxy) is 1. The fraction of sp³-hybridized carbons (Fsp3) is 0.381. The van der Waals surface area contributed by atoms with Crippen LogP contribution in [0.4, 0.5) is 10.1 Å². The highest BCUT2D eigenvalue weighted by Crippen LogP contribution is 2.30. The van der Waals surface area contributed by atoms with Gasteiger partial charge in [0.05, 0.1) is 18.7 Å². The molecule has 28 heavy (non-hydrogen) atoms. The molecule has 1 amide bonds. The van der Waals surface area contributed by atoms with Crippen molar-refractivity contribution in [2.45, 2.75) is 13.0 Å². The normalized spacial score (nSPS) is 16.1. The average Bonchev–Trinajstić information content (AvgIpc) is 2.73. The summed E-state index contributed by atoms with van der Waals surface area (Å²) >= 11 is 0. The topological polar surface area (TPSA) is 58.8 Å². The van der Waals surface area contributed by atoms with Crippen LogP contribution in [0.1, 0.15) is 18.5 Å². The molecule has 0 bridgehead atoms. The van der Waals surface area contributed by atoms with Gasteiger partial charge in [-0.2, -0.15) is 0 Å². The van der Waals surface area contributed by atoms with Crippen LogP contribution in [-0.4, -0.2) is 44.1 Å². The van der Waals surface area contributed by atoms with Gasteiger partial charge in [-0.15, -0.1) is 12.4 Å². The molecule has 0 spiro atoms. The number of halogens is 2. The number of piperazine rings is 1. The van der Waals surface area contributed by atoms with Gasteiger partial charge >= 0.3 is 0 Å². The minimum Gasteiger partial charge on any atom is -0.495 e. The Hall–Kier alpha value is -2.31. The lowest BCUT2D eigenvalue weighted by molar-refractivity contribution is -0.136. The van der Waals surface area contributed by atoms with Gasteiger partial charge in [0, 0.05) is 38.3 Å². The number of nitrogens with two attached hydrogens (primary N) is 1. The van der Waals surface area contributed by atoms with E-state index < -0.39 is 0 Å². The van der Waals surface area contributed by atoms with Crippen LogP contribution in [0, 0.1) is 11.7 Å². The first kappa shape index (κ1) is 22.0. The summed E-state index contributed by atoms with van der Waals surface area (Å²) < 4.78 is 19.0. The molecule has 2 aromatic carbocycles. The number of anilines is 1.